The molecule has 0 aliphatic carbocycles. The van der Waals surface area contributed by atoms with Crippen molar-refractivity contribution < 1.29 is 4.92 Å². The first-order chi connectivity index (χ1) is 12.4. The minimum atomic E-state index is -0.404. The third-order valence-electron chi connectivity index (χ3n) is 3.80. The quantitative estimate of drug-likeness (QED) is 0.276. The highest BCUT2D eigenvalue weighted by Crippen LogP contribution is 2.25. The highest BCUT2D eigenvalue weighted by molar-refractivity contribution is 7.98. The van der Waals surface area contributed by atoms with Gasteiger partial charge >= 0.3 is 5.69 Å². The van der Waals surface area contributed by atoms with Gasteiger partial charge in [-0.05, 0) is 44.7 Å². The van der Waals surface area contributed by atoms with Gasteiger partial charge in [0.1, 0.15) is 11.4 Å². The SMILES string of the molecule is Cc1ccsc1/C=N/n1c(C)nnc1SCn1nc(C)c([N+](=O)[O-])c1C. The first-order valence-electron chi connectivity index (χ1n) is 7.70. The number of aryl methyl sites for hydroxylation is 3. The Morgan fingerprint density at radius 2 is 2.12 bits per heavy atom. The van der Waals surface area contributed by atoms with E-state index in [2.05, 4.69) is 20.4 Å². The largest absolute Gasteiger partial charge is 0.312 e. The minimum Gasteiger partial charge on any atom is -0.258 e. The molecule has 0 atom stereocenters. The van der Waals surface area contributed by atoms with E-state index in [4.69, 9.17) is 0 Å². The van der Waals surface area contributed by atoms with Crippen LogP contribution in [0.25, 0.3) is 0 Å². The molecule has 3 heterocycles. The summed E-state index contributed by atoms with van der Waals surface area (Å²) < 4.78 is 3.25. The molecule has 0 aliphatic heterocycles. The van der Waals surface area contributed by atoms with Crippen LogP contribution in [0.15, 0.2) is 21.7 Å². The lowest BCUT2D eigenvalue weighted by atomic mass is 10.3. The number of aromatic nitrogens is 5. The van der Waals surface area contributed by atoms with E-state index >= 15 is 0 Å². The van der Waals surface area contributed by atoms with Crippen molar-refractivity contribution in [3.05, 3.63) is 49.2 Å². The Morgan fingerprint density at radius 1 is 1.35 bits per heavy atom. The average Bonchev–Trinajstić information content (AvgIpc) is 3.22. The standard InChI is InChI=1S/C15H17N7O2S2/c1-9-5-6-25-13(9)7-16-21-12(4)17-18-15(21)26-8-20-11(3)14(22(23)24)10(2)19-20/h5-7H,8H2,1-4H3/b16-7+. The summed E-state index contributed by atoms with van der Waals surface area (Å²) in [6, 6.07) is 2.04. The molecule has 0 radical (unpaired) electrons. The van der Waals surface area contributed by atoms with Gasteiger partial charge in [0.05, 0.1) is 21.9 Å². The van der Waals surface area contributed by atoms with Gasteiger partial charge in [0, 0.05) is 0 Å². The van der Waals surface area contributed by atoms with E-state index in [-0.39, 0.29) is 5.69 Å². The molecule has 0 fully saturated rings. The number of nitro groups is 1. The minimum absolute atomic E-state index is 0.0504. The Kier molecular flexibility index (Phi) is 5.18. The second-order valence-electron chi connectivity index (χ2n) is 5.60. The van der Waals surface area contributed by atoms with Crippen molar-refractivity contribution in [3.63, 3.8) is 0 Å². The molecular formula is C15H17N7O2S2. The van der Waals surface area contributed by atoms with Crippen LogP contribution in [-0.4, -0.2) is 35.8 Å². The molecule has 0 saturated heterocycles. The Hall–Kier alpha value is -2.53. The van der Waals surface area contributed by atoms with Gasteiger partial charge in [-0.25, -0.2) is 0 Å². The Labute approximate surface area is 157 Å². The maximum atomic E-state index is 11.1. The van der Waals surface area contributed by atoms with Gasteiger partial charge in [-0.15, -0.1) is 21.5 Å². The molecule has 0 N–H and O–H groups in total. The number of thioether (sulfide) groups is 1. The molecule has 0 amide bonds. The lowest BCUT2D eigenvalue weighted by Crippen LogP contribution is -2.02. The van der Waals surface area contributed by atoms with Crippen LogP contribution in [0, 0.1) is 37.8 Å². The first kappa shape index (κ1) is 18.3. The van der Waals surface area contributed by atoms with E-state index in [1.165, 1.54) is 11.8 Å². The van der Waals surface area contributed by atoms with Crippen molar-refractivity contribution in [3.8, 4) is 0 Å². The zero-order valence-corrected chi connectivity index (χ0v) is 16.3. The summed E-state index contributed by atoms with van der Waals surface area (Å²) in [6.45, 7) is 7.17. The Bertz CT molecular complexity index is 986. The molecule has 0 bridgehead atoms. The van der Waals surface area contributed by atoms with Gasteiger partial charge in [-0.3, -0.25) is 14.8 Å². The van der Waals surface area contributed by atoms with Gasteiger partial charge in [0.2, 0.25) is 5.16 Å². The van der Waals surface area contributed by atoms with Crippen LogP contribution in [0.3, 0.4) is 0 Å². The monoisotopic (exact) mass is 391 g/mol. The van der Waals surface area contributed by atoms with Gasteiger partial charge < -0.3 is 0 Å². The third-order valence-corrected chi connectivity index (χ3v) is 5.64. The molecule has 26 heavy (non-hydrogen) atoms. The molecule has 0 aromatic carbocycles. The fourth-order valence-electron chi connectivity index (χ4n) is 2.38. The van der Waals surface area contributed by atoms with Crippen LogP contribution in [0.4, 0.5) is 5.69 Å². The molecule has 0 saturated carbocycles. The van der Waals surface area contributed by atoms with Gasteiger partial charge in [-0.1, -0.05) is 11.8 Å². The second-order valence-corrected chi connectivity index (χ2v) is 7.46. The highest BCUT2D eigenvalue weighted by Gasteiger charge is 2.22. The summed E-state index contributed by atoms with van der Waals surface area (Å²) in [7, 11) is 0. The summed E-state index contributed by atoms with van der Waals surface area (Å²) >= 11 is 2.98. The number of nitrogens with zero attached hydrogens (tertiary/aromatic N) is 7. The van der Waals surface area contributed by atoms with Crippen LogP contribution in [-0.2, 0) is 5.88 Å². The average molecular weight is 391 g/mol. The van der Waals surface area contributed by atoms with E-state index in [1.54, 1.807) is 40.8 Å². The topological polar surface area (TPSA) is 104 Å². The lowest BCUT2D eigenvalue weighted by Gasteiger charge is -2.04. The fraction of sp³-hybridized carbons (Fsp3) is 0.333. The predicted octanol–water partition coefficient (Wildman–Crippen LogP) is 3.31. The number of hydrogen-bond acceptors (Lipinski definition) is 8. The Morgan fingerprint density at radius 3 is 2.73 bits per heavy atom. The van der Waals surface area contributed by atoms with E-state index in [9.17, 15) is 10.1 Å². The molecule has 3 aromatic heterocycles. The van der Waals surface area contributed by atoms with Gasteiger partial charge in [0.15, 0.2) is 5.82 Å². The summed E-state index contributed by atoms with van der Waals surface area (Å²) in [5.74, 6) is 1.05. The van der Waals surface area contributed by atoms with E-state index in [1.807, 2.05) is 25.3 Å². The molecular weight excluding hydrogens is 374 g/mol. The lowest BCUT2D eigenvalue weighted by molar-refractivity contribution is -0.386. The molecule has 9 nitrogen and oxygen atoms in total. The molecule has 0 unspecified atom stereocenters. The second kappa shape index (κ2) is 7.38. The predicted molar refractivity (Wildman–Crippen MR) is 101 cm³/mol. The van der Waals surface area contributed by atoms with Crippen molar-refractivity contribution in [1.82, 2.24) is 24.7 Å². The number of hydrogen-bond donors (Lipinski definition) is 0. The third kappa shape index (κ3) is 3.53. The van der Waals surface area contributed by atoms with E-state index in [0.29, 0.717) is 28.2 Å². The zero-order chi connectivity index (χ0) is 18.8. The summed E-state index contributed by atoms with van der Waals surface area (Å²) in [4.78, 5) is 11.8. The van der Waals surface area contributed by atoms with Gasteiger partial charge in [0.25, 0.3) is 0 Å². The Balaban J connectivity index is 1.80. The zero-order valence-electron chi connectivity index (χ0n) is 14.7. The van der Waals surface area contributed by atoms with E-state index in [0.717, 1.165) is 10.4 Å². The molecule has 3 rings (SSSR count). The molecule has 0 aliphatic rings. The van der Waals surface area contributed by atoms with Crippen LogP contribution in [0.2, 0.25) is 0 Å². The highest BCUT2D eigenvalue weighted by atomic mass is 32.2. The van der Waals surface area contributed by atoms with Crippen molar-refractivity contribution in [2.75, 3.05) is 0 Å². The first-order valence-corrected chi connectivity index (χ1v) is 9.56. The molecule has 11 heteroatoms. The summed E-state index contributed by atoms with van der Waals surface area (Å²) in [5, 5.41) is 30.6. The van der Waals surface area contributed by atoms with Crippen molar-refractivity contribution in [1.29, 1.82) is 0 Å². The fourth-order valence-corrected chi connectivity index (χ4v) is 4.05. The van der Waals surface area contributed by atoms with Crippen molar-refractivity contribution in [2.24, 2.45) is 5.10 Å². The van der Waals surface area contributed by atoms with Crippen LogP contribution < -0.4 is 0 Å². The number of thiophene rings is 1. The summed E-state index contributed by atoms with van der Waals surface area (Å²) in [6.07, 6.45) is 1.79. The van der Waals surface area contributed by atoms with Crippen LogP contribution >= 0.6 is 23.1 Å². The maximum Gasteiger partial charge on any atom is 0.312 e. The molecule has 0 spiro atoms. The maximum absolute atomic E-state index is 11.1. The van der Waals surface area contributed by atoms with Crippen molar-refractivity contribution in [2.45, 2.75) is 38.7 Å². The van der Waals surface area contributed by atoms with Gasteiger partial charge in [-0.2, -0.15) is 14.9 Å². The molecule has 136 valence electrons. The van der Waals surface area contributed by atoms with Crippen LogP contribution in [0.5, 0.6) is 0 Å². The van der Waals surface area contributed by atoms with Crippen molar-refractivity contribution >= 4 is 35.0 Å². The number of rotatable bonds is 6. The summed E-state index contributed by atoms with van der Waals surface area (Å²) in [5.41, 5.74) is 2.13. The van der Waals surface area contributed by atoms with Crippen LogP contribution in [0.1, 0.15) is 27.7 Å². The molecule has 3 aromatic rings. The smallest absolute Gasteiger partial charge is 0.258 e. The van der Waals surface area contributed by atoms with E-state index < -0.39 is 4.92 Å². The normalized spacial score (nSPS) is 11.5.